The first-order chi connectivity index (χ1) is 8.17. The molecule has 0 aliphatic rings. The Morgan fingerprint density at radius 2 is 1.82 bits per heavy atom. The SMILES string of the molecule is NCc1cccc(Oc2cc(Cl)cc(Cl)c2)n1. The van der Waals surface area contributed by atoms with Crippen molar-refractivity contribution in [1.82, 2.24) is 4.98 Å². The molecule has 2 N–H and O–H groups in total. The fraction of sp³-hybridized carbons (Fsp3) is 0.0833. The van der Waals surface area contributed by atoms with E-state index >= 15 is 0 Å². The minimum atomic E-state index is 0.369. The molecule has 0 bridgehead atoms. The molecule has 17 heavy (non-hydrogen) atoms. The van der Waals surface area contributed by atoms with Crippen molar-refractivity contribution >= 4 is 23.2 Å². The van der Waals surface area contributed by atoms with E-state index in [1.165, 1.54) is 0 Å². The van der Waals surface area contributed by atoms with E-state index in [2.05, 4.69) is 4.98 Å². The number of benzene rings is 1. The molecule has 88 valence electrons. The zero-order valence-corrected chi connectivity index (χ0v) is 10.4. The van der Waals surface area contributed by atoms with Gasteiger partial charge in [0.15, 0.2) is 0 Å². The normalized spacial score (nSPS) is 10.3. The Morgan fingerprint density at radius 3 is 2.47 bits per heavy atom. The molecule has 1 aromatic heterocycles. The second kappa shape index (κ2) is 5.36. The van der Waals surface area contributed by atoms with Gasteiger partial charge in [0.1, 0.15) is 5.75 Å². The van der Waals surface area contributed by atoms with Crippen molar-refractivity contribution in [1.29, 1.82) is 0 Å². The predicted molar refractivity (Wildman–Crippen MR) is 68.7 cm³/mol. The Morgan fingerprint density at radius 1 is 1.12 bits per heavy atom. The largest absolute Gasteiger partial charge is 0.439 e. The third kappa shape index (κ3) is 3.33. The average molecular weight is 269 g/mol. The van der Waals surface area contributed by atoms with Crippen LogP contribution in [0.4, 0.5) is 0 Å². The minimum Gasteiger partial charge on any atom is -0.439 e. The summed E-state index contributed by atoms with van der Waals surface area (Å²) in [5.41, 5.74) is 6.26. The van der Waals surface area contributed by atoms with Crippen LogP contribution in [0.2, 0.25) is 10.0 Å². The first-order valence-electron chi connectivity index (χ1n) is 4.97. The highest BCUT2D eigenvalue weighted by Gasteiger charge is 2.02. The maximum absolute atomic E-state index is 5.87. The Bertz CT molecular complexity index is 511. The quantitative estimate of drug-likeness (QED) is 0.925. The highest BCUT2D eigenvalue weighted by atomic mass is 35.5. The molecule has 0 spiro atoms. The molecule has 3 nitrogen and oxygen atoms in total. The highest BCUT2D eigenvalue weighted by Crippen LogP contribution is 2.27. The van der Waals surface area contributed by atoms with Gasteiger partial charge in [-0.05, 0) is 24.3 Å². The topological polar surface area (TPSA) is 48.1 Å². The third-order valence-electron chi connectivity index (χ3n) is 2.05. The number of rotatable bonds is 3. The monoisotopic (exact) mass is 268 g/mol. The van der Waals surface area contributed by atoms with Crippen molar-refractivity contribution in [2.24, 2.45) is 5.73 Å². The van der Waals surface area contributed by atoms with Gasteiger partial charge in [0.2, 0.25) is 5.88 Å². The van der Waals surface area contributed by atoms with Crippen molar-refractivity contribution in [3.63, 3.8) is 0 Å². The summed E-state index contributed by atoms with van der Waals surface area (Å²) in [5, 5.41) is 1.03. The first-order valence-corrected chi connectivity index (χ1v) is 5.73. The Kier molecular flexibility index (Phi) is 3.84. The van der Waals surface area contributed by atoms with E-state index in [0.29, 0.717) is 28.2 Å². The Labute approximate surface area is 109 Å². The Balaban J connectivity index is 2.24. The summed E-state index contributed by atoms with van der Waals surface area (Å²) in [7, 11) is 0. The molecule has 1 heterocycles. The minimum absolute atomic E-state index is 0.369. The van der Waals surface area contributed by atoms with Gasteiger partial charge in [0.25, 0.3) is 0 Å². The molecular weight excluding hydrogens is 259 g/mol. The van der Waals surface area contributed by atoms with E-state index in [9.17, 15) is 0 Å². The summed E-state index contributed by atoms with van der Waals surface area (Å²) >= 11 is 11.7. The van der Waals surface area contributed by atoms with Gasteiger partial charge >= 0.3 is 0 Å². The molecule has 5 heteroatoms. The zero-order chi connectivity index (χ0) is 12.3. The van der Waals surface area contributed by atoms with Gasteiger partial charge in [0, 0.05) is 22.7 Å². The van der Waals surface area contributed by atoms with Gasteiger partial charge in [0.05, 0.1) is 5.69 Å². The zero-order valence-electron chi connectivity index (χ0n) is 8.86. The number of halogens is 2. The number of nitrogens with zero attached hydrogens (tertiary/aromatic N) is 1. The van der Waals surface area contributed by atoms with Crippen LogP contribution in [-0.4, -0.2) is 4.98 Å². The smallest absolute Gasteiger partial charge is 0.219 e. The van der Waals surface area contributed by atoms with E-state index in [0.717, 1.165) is 5.69 Å². The molecule has 1 aromatic carbocycles. The Hall–Kier alpha value is -1.29. The number of aromatic nitrogens is 1. The van der Waals surface area contributed by atoms with Crippen LogP contribution in [0.3, 0.4) is 0 Å². The molecule has 0 fully saturated rings. The van der Waals surface area contributed by atoms with Crippen LogP contribution in [0.1, 0.15) is 5.69 Å². The van der Waals surface area contributed by atoms with Crippen molar-refractivity contribution < 1.29 is 4.74 Å². The van der Waals surface area contributed by atoms with Crippen LogP contribution in [0.25, 0.3) is 0 Å². The molecule has 0 aliphatic heterocycles. The number of nitrogens with two attached hydrogens (primary N) is 1. The van der Waals surface area contributed by atoms with Crippen molar-refractivity contribution in [3.8, 4) is 11.6 Å². The van der Waals surface area contributed by atoms with Gasteiger partial charge in [-0.15, -0.1) is 0 Å². The summed E-state index contributed by atoms with van der Waals surface area (Å²) in [6, 6.07) is 10.4. The van der Waals surface area contributed by atoms with Crippen LogP contribution in [0.5, 0.6) is 11.6 Å². The van der Waals surface area contributed by atoms with Crippen molar-refractivity contribution in [3.05, 3.63) is 52.1 Å². The van der Waals surface area contributed by atoms with Crippen LogP contribution in [0, 0.1) is 0 Å². The average Bonchev–Trinajstić information content (AvgIpc) is 2.28. The van der Waals surface area contributed by atoms with Crippen molar-refractivity contribution in [2.75, 3.05) is 0 Å². The van der Waals surface area contributed by atoms with Crippen LogP contribution in [-0.2, 0) is 6.54 Å². The van der Waals surface area contributed by atoms with E-state index in [1.54, 1.807) is 24.3 Å². The summed E-state index contributed by atoms with van der Waals surface area (Å²) in [6.07, 6.45) is 0. The van der Waals surface area contributed by atoms with E-state index in [1.807, 2.05) is 12.1 Å². The van der Waals surface area contributed by atoms with Gasteiger partial charge < -0.3 is 10.5 Å². The fourth-order valence-corrected chi connectivity index (χ4v) is 1.84. The summed E-state index contributed by atoms with van der Waals surface area (Å²) in [4.78, 5) is 4.21. The number of hydrogen-bond acceptors (Lipinski definition) is 3. The lowest BCUT2D eigenvalue weighted by Gasteiger charge is -2.06. The molecule has 0 unspecified atom stereocenters. The number of hydrogen-bond donors (Lipinski definition) is 1. The summed E-state index contributed by atoms with van der Waals surface area (Å²) < 4.78 is 5.55. The summed E-state index contributed by atoms with van der Waals surface area (Å²) in [6.45, 7) is 0.369. The highest BCUT2D eigenvalue weighted by molar-refractivity contribution is 6.34. The molecule has 2 rings (SSSR count). The molecule has 0 radical (unpaired) electrons. The van der Waals surface area contributed by atoms with E-state index in [4.69, 9.17) is 33.7 Å². The number of ether oxygens (including phenoxy) is 1. The standard InChI is InChI=1S/C12H10Cl2N2O/c13-8-4-9(14)6-11(5-8)17-12-3-1-2-10(7-15)16-12/h1-6H,7,15H2. The molecule has 0 amide bonds. The van der Waals surface area contributed by atoms with E-state index in [-0.39, 0.29) is 0 Å². The molecular formula is C12H10Cl2N2O. The molecule has 2 aromatic rings. The fourth-order valence-electron chi connectivity index (χ4n) is 1.34. The first kappa shape index (κ1) is 12.2. The molecule has 0 saturated carbocycles. The van der Waals surface area contributed by atoms with Gasteiger partial charge in [-0.2, -0.15) is 0 Å². The maximum Gasteiger partial charge on any atom is 0.219 e. The van der Waals surface area contributed by atoms with Gasteiger partial charge in [-0.1, -0.05) is 29.3 Å². The molecule has 0 aliphatic carbocycles. The lowest BCUT2D eigenvalue weighted by atomic mass is 10.3. The lowest BCUT2D eigenvalue weighted by Crippen LogP contribution is -2.00. The maximum atomic E-state index is 5.87. The van der Waals surface area contributed by atoms with Crippen LogP contribution < -0.4 is 10.5 Å². The molecule has 0 atom stereocenters. The van der Waals surface area contributed by atoms with Crippen LogP contribution in [0.15, 0.2) is 36.4 Å². The molecule has 0 saturated heterocycles. The lowest BCUT2D eigenvalue weighted by molar-refractivity contribution is 0.461. The third-order valence-corrected chi connectivity index (χ3v) is 2.49. The van der Waals surface area contributed by atoms with E-state index < -0.39 is 0 Å². The van der Waals surface area contributed by atoms with Crippen molar-refractivity contribution in [2.45, 2.75) is 6.54 Å². The second-order valence-corrected chi connectivity index (χ2v) is 4.25. The second-order valence-electron chi connectivity index (χ2n) is 3.38. The van der Waals surface area contributed by atoms with Crippen LogP contribution >= 0.6 is 23.2 Å². The number of pyridine rings is 1. The van der Waals surface area contributed by atoms with Gasteiger partial charge in [-0.25, -0.2) is 4.98 Å². The summed E-state index contributed by atoms with van der Waals surface area (Å²) in [5.74, 6) is 1.01. The van der Waals surface area contributed by atoms with Gasteiger partial charge in [-0.3, -0.25) is 0 Å². The predicted octanol–water partition coefficient (Wildman–Crippen LogP) is 3.64.